The molecular formula is C32H48O7. The van der Waals surface area contributed by atoms with Gasteiger partial charge in [0, 0.05) is 42.9 Å². The summed E-state index contributed by atoms with van der Waals surface area (Å²) in [4.78, 5) is 38.8. The Labute approximate surface area is 233 Å². The Kier molecular flexibility index (Phi) is 8.55. The Morgan fingerprint density at radius 2 is 1.72 bits per heavy atom. The number of aliphatic hydroxyl groups is 2. The second kappa shape index (κ2) is 11.1. The Hall–Kier alpha value is -1.99. The average molecular weight is 545 g/mol. The van der Waals surface area contributed by atoms with Crippen LogP contribution in [0.25, 0.3) is 0 Å². The van der Waals surface area contributed by atoms with E-state index in [0.717, 1.165) is 19.3 Å². The van der Waals surface area contributed by atoms with Crippen LogP contribution in [0.1, 0.15) is 99.3 Å². The van der Waals surface area contributed by atoms with Gasteiger partial charge in [-0.25, -0.2) is 0 Å². The maximum atomic E-state index is 13.3. The van der Waals surface area contributed by atoms with E-state index in [4.69, 9.17) is 9.47 Å². The molecular weight excluding hydrogens is 496 g/mol. The summed E-state index contributed by atoms with van der Waals surface area (Å²) >= 11 is 0. The molecule has 0 aliphatic heterocycles. The van der Waals surface area contributed by atoms with Crippen LogP contribution in [0.2, 0.25) is 0 Å². The molecule has 0 heterocycles. The number of carbonyl (C=O) groups excluding carboxylic acids is 3. The van der Waals surface area contributed by atoms with E-state index in [0.29, 0.717) is 17.6 Å². The van der Waals surface area contributed by atoms with Gasteiger partial charge in [0.1, 0.15) is 11.7 Å². The third-order valence-electron chi connectivity index (χ3n) is 10.3. The zero-order valence-electron chi connectivity index (χ0n) is 24.6. The van der Waals surface area contributed by atoms with Gasteiger partial charge in [-0.1, -0.05) is 78.4 Å². The van der Waals surface area contributed by atoms with Gasteiger partial charge in [0.2, 0.25) is 0 Å². The van der Waals surface area contributed by atoms with Crippen molar-refractivity contribution in [2.24, 2.45) is 35.0 Å². The Balaban J connectivity index is 1.63. The number of ketones is 1. The number of hydrogen-bond acceptors (Lipinski definition) is 7. The van der Waals surface area contributed by atoms with Gasteiger partial charge in [0.15, 0.2) is 11.4 Å². The summed E-state index contributed by atoms with van der Waals surface area (Å²) in [6, 6.07) is 0. The molecule has 0 amide bonds. The molecule has 0 spiro atoms. The summed E-state index contributed by atoms with van der Waals surface area (Å²) in [7, 11) is 0. The van der Waals surface area contributed by atoms with Crippen molar-refractivity contribution in [1.29, 1.82) is 0 Å². The smallest absolute Gasteiger partial charge is 0.306 e. The molecule has 0 aromatic heterocycles. The first-order valence-corrected chi connectivity index (χ1v) is 15.0. The van der Waals surface area contributed by atoms with E-state index in [-0.39, 0.29) is 48.5 Å². The molecule has 2 N–H and O–H groups in total. The van der Waals surface area contributed by atoms with Crippen LogP contribution in [0.4, 0.5) is 0 Å². The molecule has 7 nitrogen and oxygen atoms in total. The lowest BCUT2D eigenvalue weighted by Crippen LogP contribution is -2.56. The van der Waals surface area contributed by atoms with Crippen molar-refractivity contribution in [2.75, 3.05) is 6.61 Å². The standard InChI is InChI=1S/C32H48O7/c1-7-8-9-10-11-12-13-14-25(35)39-32-27(30(32,5)6)23-16-22(18-33)17-31(37)24(15-19(2)28(31)36)26(23)20(3)29(32)38-21(4)34/h15-16,20,23-24,26-27,29,33,37H,7-14,17-18H2,1-6H3/t20-,23+,24+,26+,27+,29+,31+,32+/m0/s1. The first-order chi connectivity index (χ1) is 18.4. The van der Waals surface area contributed by atoms with Gasteiger partial charge >= 0.3 is 11.9 Å². The fraction of sp³-hybridized carbons (Fsp3) is 0.781. The van der Waals surface area contributed by atoms with Gasteiger partial charge in [-0.05, 0) is 36.3 Å². The molecule has 0 bridgehead atoms. The maximum Gasteiger partial charge on any atom is 0.306 e. The van der Waals surface area contributed by atoms with Crippen LogP contribution in [-0.2, 0) is 23.9 Å². The SMILES string of the molecule is CCCCCCCCCC(=O)O[C@@]12[C@H](OC(C)=O)[C@@H](C)[C@@H]3[C@@H](C=C(CO)C[C@]4(O)C(=O)C(C)=C[C@H]34)[C@@H]1C2(C)C. The van der Waals surface area contributed by atoms with Gasteiger partial charge in [-0.3, -0.25) is 14.4 Å². The molecule has 39 heavy (non-hydrogen) atoms. The second-order valence-corrected chi connectivity index (χ2v) is 13.2. The molecule has 7 heteroatoms. The van der Waals surface area contributed by atoms with E-state index in [1.54, 1.807) is 6.92 Å². The highest BCUT2D eigenvalue weighted by Crippen LogP contribution is 2.76. The molecule has 218 valence electrons. The van der Waals surface area contributed by atoms with Crippen molar-refractivity contribution in [3.05, 3.63) is 23.3 Å². The summed E-state index contributed by atoms with van der Waals surface area (Å²) in [5.41, 5.74) is -2.00. The molecule has 4 aliphatic carbocycles. The number of carbonyl (C=O) groups is 3. The minimum Gasteiger partial charge on any atom is -0.458 e. The molecule has 4 aliphatic rings. The normalized spacial score (nSPS) is 38.0. The second-order valence-electron chi connectivity index (χ2n) is 13.2. The van der Waals surface area contributed by atoms with E-state index in [9.17, 15) is 24.6 Å². The molecule has 0 saturated heterocycles. The number of unbranched alkanes of at least 4 members (excludes halogenated alkanes) is 6. The van der Waals surface area contributed by atoms with Gasteiger partial charge in [0.25, 0.3) is 0 Å². The predicted molar refractivity (Wildman–Crippen MR) is 147 cm³/mol. The maximum absolute atomic E-state index is 13.3. The quantitative estimate of drug-likeness (QED) is 0.212. The number of esters is 2. The highest BCUT2D eigenvalue weighted by Gasteiger charge is 2.85. The largest absolute Gasteiger partial charge is 0.458 e. The van der Waals surface area contributed by atoms with Crippen molar-refractivity contribution < 1.29 is 34.1 Å². The minimum atomic E-state index is -1.64. The first-order valence-electron chi connectivity index (χ1n) is 15.0. The van der Waals surface area contributed by atoms with Crippen LogP contribution >= 0.6 is 0 Å². The van der Waals surface area contributed by atoms with Crippen molar-refractivity contribution in [1.82, 2.24) is 0 Å². The van der Waals surface area contributed by atoms with Gasteiger partial charge in [-0.2, -0.15) is 0 Å². The lowest BCUT2D eigenvalue weighted by Gasteiger charge is -2.47. The molecule has 2 saturated carbocycles. The van der Waals surface area contributed by atoms with Crippen LogP contribution in [0.5, 0.6) is 0 Å². The monoisotopic (exact) mass is 544 g/mol. The molecule has 8 atom stereocenters. The van der Waals surface area contributed by atoms with E-state index < -0.39 is 34.6 Å². The van der Waals surface area contributed by atoms with Crippen molar-refractivity contribution in [3.8, 4) is 0 Å². The Morgan fingerprint density at radius 3 is 2.33 bits per heavy atom. The fourth-order valence-electron chi connectivity index (χ4n) is 8.53. The van der Waals surface area contributed by atoms with Gasteiger partial charge < -0.3 is 19.7 Å². The Morgan fingerprint density at radius 1 is 1.08 bits per heavy atom. The molecule has 0 unspecified atom stereocenters. The molecule has 0 aromatic rings. The lowest BCUT2D eigenvalue weighted by atomic mass is 9.62. The fourth-order valence-corrected chi connectivity index (χ4v) is 8.53. The van der Waals surface area contributed by atoms with Crippen LogP contribution < -0.4 is 0 Å². The molecule has 4 rings (SSSR count). The first kappa shape index (κ1) is 30.0. The zero-order valence-corrected chi connectivity index (χ0v) is 24.6. The summed E-state index contributed by atoms with van der Waals surface area (Å²) < 4.78 is 12.4. The van der Waals surface area contributed by atoms with Crippen LogP contribution in [0, 0.1) is 35.0 Å². The van der Waals surface area contributed by atoms with Crippen molar-refractivity contribution >= 4 is 17.7 Å². The predicted octanol–water partition coefficient (Wildman–Crippen LogP) is 5.08. The number of Topliss-reactive ketones (excluding diaryl/α,β-unsaturated/α-hetero) is 1. The van der Waals surface area contributed by atoms with Crippen molar-refractivity contribution in [3.63, 3.8) is 0 Å². The zero-order chi connectivity index (χ0) is 28.8. The topological polar surface area (TPSA) is 110 Å². The number of rotatable bonds is 11. The summed E-state index contributed by atoms with van der Waals surface area (Å²) in [6.45, 7) is 11.1. The number of aliphatic hydroxyl groups excluding tert-OH is 1. The van der Waals surface area contributed by atoms with E-state index in [2.05, 4.69) is 20.8 Å². The van der Waals surface area contributed by atoms with E-state index in [1.165, 1.54) is 32.6 Å². The number of fused-ring (bicyclic) bond motifs is 5. The highest BCUT2D eigenvalue weighted by atomic mass is 16.6. The van der Waals surface area contributed by atoms with Crippen LogP contribution in [0.15, 0.2) is 23.3 Å². The number of hydrogen-bond donors (Lipinski definition) is 2. The average Bonchev–Trinajstić information content (AvgIpc) is 3.32. The Bertz CT molecular complexity index is 1040. The van der Waals surface area contributed by atoms with E-state index >= 15 is 0 Å². The summed E-state index contributed by atoms with van der Waals surface area (Å²) in [5, 5.41) is 21.9. The molecule has 2 fully saturated rings. The lowest BCUT2D eigenvalue weighted by molar-refractivity contribution is -0.193. The molecule has 0 aromatic carbocycles. The van der Waals surface area contributed by atoms with Crippen LogP contribution in [-0.4, -0.2) is 51.8 Å². The molecule has 0 radical (unpaired) electrons. The van der Waals surface area contributed by atoms with Gasteiger partial charge in [0.05, 0.1) is 6.61 Å². The summed E-state index contributed by atoms with van der Waals surface area (Å²) in [6.07, 6.45) is 11.3. The minimum absolute atomic E-state index is 0.0665. The van der Waals surface area contributed by atoms with Crippen molar-refractivity contribution in [2.45, 2.75) is 117 Å². The third-order valence-corrected chi connectivity index (χ3v) is 10.3. The van der Waals surface area contributed by atoms with Crippen LogP contribution in [0.3, 0.4) is 0 Å². The van der Waals surface area contributed by atoms with Gasteiger partial charge in [-0.15, -0.1) is 0 Å². The number of ether oxygens (including phenoxy) is 2. The summed E-state index contributed by atoms with van der Waals surface area (Å²) in [5.74, 6) is -2.39. The third kappa shape index (κ3) is 4.92. The number of allylic oxidation sites excluding steroid dienone is 1. The van der Waals surface area contributed by atoms with E-state index in [1.807, 2.05) is 19.1 Å². The highest BCUT2D eigenvalue weighted by molar-refractivity contribution is 6.04.